The number of hydrogen-bond donors (Lipinski definition) is 1. The van der Waals surface area contributed by atoms with Crippen molar-refractivity contribution in [1.29, 1.82) is 0 Å². The lowest BCUT2D eigenvalue weighted by Crippen LogP contribution is -2.43. The average molecular weight is 273 g/mol. The summed E-state index contributed by atoms with van der Waals surface area (Å²) in [6.07, 6.45) is 3.30. The largest absolute Gasteiger partial charge is 0.382 e. The summed E-state index contributed by atoms with van der Waals surface area (Å²) < 4.78 is 16.4. The molecule has 1 fully saturated rings. The molecule has 0 saturated carbocycles. The summed E-state index contributed by atoms with van der Waals surface area (Å²) in [5.41, 5.74) is -0.0805. The Labute approximate surface area is 118 Å². The fourth-order valence-corrected chi connectivity index (χ4v) is 2.73. The lowest BCUT2D eigenvalue weighted by molar-refractivity contribution is -0.0698. The highest BCUT2D eigenvalue weighted by Crippen LogP contribution is 2.37. The molecule has 19 heavy (non-hydrogen) atoms. The molecule has 0 aromatic heterocycles. The maximum Gasteiger partial charge on any atom is 0.0787 e. The van der Waals surface area contributed by atoms with Crippen molar-refractivity contribution < 1.29 is 14.2 Å². The Balaban J connectivity index is 2.06. The standard InChI is InChI=1S/C15H31NO3/c1-14(2)12-13(15(3,4)19-14)16-8-6-7-9-18-11-10-17-5/h13,16H,6-12H2,1-5H3. The van der Waals surface area contributed by atoms with Gasteiger partial charge in [0.1, 0.15) is 0 Å². The fourth-order valence-electron chi connectivity index (χ4n) is 2.73. The van der Waals surface area contributed by atoms with E-state index in [1.165, 1.54) is 0 Å². The summed E-state index contributed by atoms with van der Waals surface area (Å²) in [5.74, 6) is 0. The third-order valence-electron chi connectivity index (χ3n) is 3.61. The average Bonchev–Trinajstić information content (AvgIpc) is 2.50. The maximum absolute atomic E-state index is 6.07. The first-order valence-corrected chi connectivity index (χ1v) is 7.38. The second kappa shape index (κ2) is 7.58. The van der Waals surface area contributed by atoms with Crippen molar-refractivity contribution in [3.8, 4) is 0 Å². The van der Waals surface area contributed by atoms with Crippen LogP contribution in [0.15, 0.2) is 0 Å². The van der Waals surface area contributed by atoms with Gasteiger partial charge in [0, 0.05) is 19.8 Å². The predicted molar refractivity (Wildman–Crippen MR) is 77.6 cm³/mol. The smallest absolute Gasteiger partial charge is 0.0787 e. The number of rotatable bonds is 9. The van der Waals surface area contributed by atoms with Crippen LogP contribution in [0.5, 0.6) is 0 Å². The van der Waals surface area contributed by atoms with Gasteiger partial charge in [0.05, 0.1) is 24.4 Å². The minimum absolute atomic E-state index is 0.00949. The van der Waals surface area contributed by atoms with Crippen LogP contribution >= 0.6 is 0 Å². The van der Waals surface area contributed by atoms with E-state index in [-0.39, 0.29) is 11.2 Å². The van der Waals surface area contributed by atoms with Crippen LogP contribution in [0, 0.1) is 0 Å². The Morgan fingerprint density at radius 3 is 2.42 bits per heavy atom. The van der Waals surface area contributed by atoms with Crippen molar-refractivity contribution in [2.75, 3.05) is 33.5 Å². The van der Waals surface area contributed by atoms with E-state index in [1.54, 1.807) is 7.11 Å². The van der Waals surface area contributed by atoms with E-state index in [9.17, 15) is 0 Å². The normalized spacial score (nSPS) is 24.8. The molecule has 4 nitrogen and oxygen atoms in total. The Kier molecular flexibility index (Phi) is 6.74. The number of nitrogens with one attached hydrogen (secondary N) is 1. The highest BCUT2D eigenvalue weighted by atomic mass is 16.5. The summed E-state index contributed by atoms with van der Waals surface area (Å²) in [4.78, 5) is 0. The molecule has 114 valence electrons. The summed E-state index contributed by atoms with van der Waals surface area (Å²) in [7, 11) is 1.69. The molecule has 1 unspecified atom stereocenters. The molecule has 0 radical (unpaired) electrons. The molecule has 1 rings (SSSR count). The first-order valence-electron chi connectivity index (χ1n) is 7.38. The van der Waals surface area contributed by atoms with Crippen LogP contribution in [-0.4, -0.2) is 50.7 Å². The highest BCUT2D eigenvalue weighted by Gasteiger charge is 2.45. The fraction of sp³-hybridized carbons (Fsp3) is 1.00. The third kappa shape index (κ3) is 6.21. The lowest BCUT2D eigenvalue weighted by atomic mass is 9.94. The topological polar surface area (TPSA) is 39.7 Å². The molecule has 1 N–H and O–H groups in total. The van der Waals surface area contributed by atoms with E-state index in [0.717, 1.165) is 32.4 Å². The van der Waals surface area contributed by atoms with E-state index in [0.29, 0.717) is 19.3 Å². The van der Waals surface area contributed by atoms with Gasteiger partial charge in [-0.15, -0.1) is 0 Å². The molecule has 1 saturated heterocycles. The molecule has 1 atom stereocenters. The van der Waals surface area contributed by atoms with Gasteiger partial charge in [0.25, 0.3) is 0 Å². The molecule has 0 aromatic rings. The highest BCUT2D eigenvalue weighted by molar-refractivity contribution is 4.98. The Morgan fingerprint density at radius 2 is 1.84 bits per heavy atom. The van der Waals surface area contributed by atoms with E-state index < -0.39 is 0 Å². The first-order chi connectivity index (χ1) is 8.87. The molecule has 1 aliphatic heterocycles. The van der Waals surface area contributed by atoms with E-state index >= 15 is 0 Å². The van der Waals surface area contributed by atoms with Crippen LogP contribution in [0.3, 0.4) is 0 Å². The maximum atomic E-state index is 6.07. The SMILES string of the molecule is COCCOCCCCNC1CC(C)(C)OC1(C)C. The molecule has 1 heterocycles. The predicted octanol–water partition coefficient (Wildman–Crippen LogP) is 2.37. The number of hydrogen-bond acceptors (Lipinski definition) is 4. The molecule has 1 aliphatic rings. The van der Waals surface area contributed by atoms with Gasteiger partial charge < -0.3 is 19.5 Å². The van der Waals surface area contributed by atoms with Crippen molar-refractivity contribution in [3.05, 3.63) is 0 Å². The molecule has 0 spiro atoms. The molecule has 0 amide bonds. The van der Waals surface area contributed by atoms with Gasteiger partial charge >= 0.3 is 0 Å². The Morgan fingerprint density at radius 1 is 1.11 bits per heavy atom. The Bertz CT molecular complexity index is 254. The molecular formula is C15H31NO3. The van der Waals surface area contributed by atoms with Crippen molar-refractivity contribution in [3.63, 3.8) is 0 Å². The van der Waals surface area contributed by atoms with Crippen LogP contribution in [0.25, 0.3) is 0 Å². The van der Waals surface area contributed by atoms with Gasteiger partial charge in [0.15, 0.2) is 0 Å². The second-order valence-corrected chi connectivity index (χ2v) is 6.49. The molecule has 4 heteroatoms. The third-order valence-corrected chi connectivity index (χ3v) is 3.61. The first kappa shape index (κ1) is 16.9. The van der Waals surface area contributed by atoms with Gasteiger partial charge in [-0.3, -0.25) is 0 Å². The Hall–Kier alpha value is -0.160. The summed E-state index contributed by atoms with van der Waals surface area (Å²) >= 11 is 0. The van der Waals surface area contributed by atoms with Crippen molar-refractivity contribution in [1.82, 2.24) is 5.32 Å². The molecule has 0 aliphatic carbocycles. The van der Waals surface area contributed by atoms with Crippen molar-refractivity contribution in [2.45, 2.75) is 64.2 Å². The van der Waals surface area contributed by atoms with Gasteiger partial charge in [-0.1, -0.05) is 0 Å². The van der Waals surface area contributed by atoms with E-state index in [1.807, 2.05) is 0 Å². The van der Waals surface area contributed by atoms with Gasteiger partial charge in [-0.05, 0) is 53.5 Å². The summed E-state index contributed by atoms with van der Waals surface area (Å²) in [6.45, 7) is 11.9. The van der Waals surface area contributed by atoms with Crippen LogP contribution in [0.4, 0.5) is 0 Å². The number of unbranched alkanes of at least 4 members (excludes halogenated alkanes) is 1. The molecule has 0 bridgehead atoms. The zero-order valence-electron chi connectivity index (χ0n) is 13.3. The summed E-state index contributed by atoms with van der Waals surface area (Å²) in [6, 6.07) is 0.442. The zero-order chi connectivity index (χ0) is 14.4. The van der Waals surface area contributed by atoms with Crippen molar-refractivity contribution in [2.24, 2.45) is 0 Å². The monoisotopic (exact) mass is 273 g/mol. The quantitative estimate of drug-likeness (QED) is 0.655. The lowest BCUT2D eigenvalue weighted by Gasteiger charge is -2.27. The molecule has 0 aromatic carbocycles. The minimum atomic E-state index is -0.0710. The van der Waals surface area contributed by atoms with E-state index in [4.69, 9.17) is 14.2 Å². The van der Waals surface area contributed by atoms with Crippen LogP contribution in [0.1, 0.15) is 47.0 Å². The van der Waals surface area contributed by atoms with Crippen LogP contribution in [0.2, 0.25) is 0 Å². The van der Waals surface area contributed by atoms with Crippen LogP contribution in [-0.2, 0) is 14.2 Å². The van der Waals surface area contributed by atoms with Crippen molar-refractivity contribution >= 4 is 0 Å². The summed E-state index contributed by atoms with van der Waals surface area (Å²) in [5, 5.41) is 3.62. The number of ether oxygens (including phenoxy) is 3. The van der Waals surface area contributed by atoms with Gasteiger partial charge in [-0.25, -0.2) is 0 Å². The van der Waals surface area contributed by atoms with Gasteiger partial charge in [-0.2, -0.15) is 0 Å². The van der Waals surface area contributed by atoms with Gasteiger partial charge in [0.2, 0.25) is 0 Å². The zero-order valence-corrected chi connectivity index (χ0v) is 13.3. The molecular weight excluding hydrogens is 242 g/mol. The number of methoxy groups -OCH3 is 1. The van der Waals surface area contributed by atoms with E-state index in [2.05, 4.69) is 33.0 Å². The van der Waals surface area contributed by atoms with Crippen LogP contribution < -0.4 is 5.32 Å². The minimum Gasteiger partial charge on any atom is -0.382 e. The second-order valence-electron chi connectivity index (χ2n) is 6.49.